The molecule has 2 rings (SSSR count). The molecule has 0 saturated carbocycles. The Morgan fingerprint density at radius 3 is 2.69 bits per heavy atom. The molecule has 0 radical (unpaired) electrons. The molecule has 16 heavy (non-hydrogen) atoms. The highest BCUT2D eigenvalue weighted by atomic mass is 16.4. The van der Waals surface area contributed by atoms with Crippen LogP contribution in [0.3, 0.4) is 0 Å². The Kier molecular flexibility index (Phi) is 2.72. The maximum atomic E-state index is 10.9. The summed E-state index contributed by atoms with van der Waals surface area (Å²) in [6.07, 6.45) is 4.16. The second-order valence-corrected chi connectivity index (χ2v) is 3.47. The number of H-pyrrole nitrogens is 1. The monoisotopic (exact) mass is 216 g/mol. The van der Waals surface area contributed by atoms with E-state index in [9.17, 15) is 4.79 Å². The van der Waals surface area contributed by atoms with Crippen LogP contribution >= 0.6 is 0 Å². The summed E-state index contributed by atoms with van der Waals surface area (Å²) in [5, 5.41) is 8.92. The number of pyridine rings is 1. The van der Waals surface area contributed by atoms with Crippen LogP contribution in [-0.2, 0) is 6.42 Å². The molecule has 4 heteroatoms. The molecule has 0 fully saturated rings. The first-order valence-electron chi connectivity index (χ1n) is 5.08. The number of nitrogens with zero attached hydrogens (tertiary/aromatic N) is 1. The van der Waals surface area contributed by atoms with Crippen LogP contribution in [0.15, 0.2) is 30.6 Å². The molecule has 0 atom stereocenters. The lowest BCUT2D eigenvalue weighted by molar-refractivity contribution is 0.0691. The van der Waals surface area contributed by atoms with Crippen LogP contribution in [0.5, 0.6) is 0 Å². The summed E-state index contributed by atoms with van der Waals surface area (Å²) < 4.78 is 0. The van der Waals surface area contributed by atoms with Gasteiger partial charge < -0.3 is 10.1 Å². The van der Waals surface area contributed by atoms with Crippen molar-refractivity contribution >= 4 is 5.97 Å². The van der Waals surface area contributed by atoms with Gasteiger partial charge in [-0.1, -0.05) is 6.92 Å². The number of hydrogen-bond acceptors (Lipinski definition) is 2. The van der Waals surface area contributed by atoms with E-state index in [0.29, 0.717) is 0 Å². The van der Waals surface area contributed by atoms with Crippen molar-refractivity contribution in [2.45, 2.75) is 13.3 Å². The second-order valence-electron chi connectivity index (χ2n) is 3.47. The van der Waals surface area contributed by atoms with Gasteiger partial charge in [-0.2, -0.15) is 0 Å². The number of carboxylic acids is 1. The first-order chi connectivity index (χ1) is 7.72. The van der Waals surface area contributed by atoms with Crippen molar-refractivity contribution in [2.24, 2.45) is 0 Å². The first kappa shape index (κ1) is 10.4. The summed E-state index contributed by atoms with van der Waals surface area (Å²) in [6.45, 7) is 1.99. The van der Waals surface area contributed by atoms with Crippen molar-refractivity contribution in [3.8, 4) is 11.1 Å². The highest BCUT2D eigenvalue weighted by molar-refractivity contribution is 5.88. The summed E-state index contributed by atoms with van der Waals surface area (Å²) in [5.41, 5.74) is 3.07. The minimum atomic E-state index is -0.935. The molecule has 2 aromatic rings. The van der Waals surface area contributed by atoms with Crippen molar-refractivity contribution < 1.29 is 9.90 Å². The lowest BCUT2D eigenvalue weighted by atomic mass is 10.1. The predicted molar refractivity (Wildman–Crippen MR) is 60.4 cm³/mol. The number of aryl methyl sites for hydroxylation is 1. The quantitative estimate of drug-likeness (QED) is 0.827. The van der Waals surface area contributed by atoms with Crippen LogP contribution in [0.4, 0.5) is 0 Å². The normalized spacial score (nSPS) is 10.3. The van der Waals surface area contributed by atoms with E-state index in [4.69, 9.17) is 5.11 Å². The third-order valence-electron chi connectivity index (χ3n) is 2.47. The molecular formula is C12H12N2O2. The maximum Gasteiger partial charge on any atom is 0.352 e. The Balaban J connectivity index is 2.52. The number of carboxylic acid groups (broad SMARTS) is 1. The van der Waals surface area contributed by atoms with Crippen LogP contribution in [0.25, 0.3) is 11.1 Å². The lowest BCUT2D eigenvalue weighted by Gasteiger charge is -2.00. The van der Waals surface area contributed by atoms with E-state index < -0.39 is 5.97 Å². The third-order valence-corrected chi connectivity index (χ3v) is 2.47. The molecule has 0 aliphatic rings. The van der Waals surface area contributed by atoms with E-state index in [1.54, 1.807) is 18.5 Å². The fraction of sp³-hybridized carbons (Fsp3) is 0.167. The van der Waals surface area contributed by atoms with E-state index in [2.05, 4.69) is 9.97 Å². The minimum Gasteiger partial charge on any atom is -0.477 e. The third kappa shape index (κ3) is 1.82. The molecule has 0 aromatic carbocycles. The summed E-state index contributed by atoms with van der Waals surface area (Å²) in [5.74, 6) is -0.935. The Bertz CT molecular complexity index is 503. The van der Waals surface area contributed by atoms with Crippen molar-refractivity contribution in [1.82, 2.24) is 9.97 Å². The smallest absolute Gasteiger partial charge is 0.352 e. The summed E-state index contributed by atoms with van der Waals surface area (Å²) in [7, 11) is 0. The molecule has 0 aliphatic carbocycles. The highest BCUT2D eigenvalue weighted by Crippen LogP contribution is 2.24. The van der Waals surface area contributed by atoms with Crippen LogP contribution in [0.2, 0.25) is 0 Å². The fourth-order valence-corrected chi connectivity index (χ4v) is 1.68. The van der Waals surface area contributed by atoms with Gasteiger partial charge in [-0.25, -0.2) is 4.79 Å². The summed E-state index contributed by atoms with van der Waals surface area (Å²) in [6, 6.07) is 5.40. The Labute approximate surface area is 93.0 Å². The van der Waals surface area contributed by atoms with Gasteiger partial charge in [-0.05, 0) is 30.2 Å². The minimum absolute atomic E-state index is 0.226. The zero-order chi connectivity index (χ0) is 11.5. The van der Waals surface area contributed by atoms with E-state index in [0.717, 1.165) is 23.2 Å². The van der Waals surface area contributed by atoms with Crippen molar-refractivity contribution in [1.29, 1.82) is 0 Å². The zero-order valence-corrected chi connectivity index (χ0v) is 8.90. The molecule has 0 spiro atoms. The Morgan fingerprint density at radius 2 is 2.12 bits per heavy atom. The van der Waals surface area contributed by atoms with E-state index in [-0.39, 0.29) is 5.69 Å². The number of aromatic nitrogens is 2. The second kappa shape index (κ2) is 4.18. The van der Waals surface area contributed by atoms with Gasteiger partial charge in [0.25, 0.3) is 0 Å². The molecule has 4 nitrogen and oxygen atoms in total. The molecule has 0 unspecified atom stereocenters. The van der Waals surface area contributed by atoms with Gasteiger partial charge >= 0.3 is 5.97 Å². The molecule has 0 amide bonds. The predicted octanol–water partition coefficient (Wildman–Crippen LogP) is 2.34. The maximum absolute atomic E-state index is 10.9. The number of aromatic carboxylic acids is 1. The van der Waals surface area contributed by atoms with Crippen LogP contribution in [0.1, 0.15) is 23.1 Å². The molecule has 0 saturated heterocycles. The van der Waals surface area contributed by atoms with Crippen molar-refractivity contribution in [3.05, 3.63) is 42.0 Å². The summed E-state index contributed by atoms with van der Waals surface area (Å²) >= 11 is 0. The molecule has 0 bridgehead atoms. The molecule has 82 valence electrons. The number of hydrogen-bond donors (Lipinski definition) is 2. The van der Waals surface area contributed by atoms with Gasteiger partial charge in [0.15, 0.2) is 0 Å². The van der Waals surface area contributed by atoms with Crippen LogP contribution in [0, 0.1) is 0 Å². The lowest BCUT2D eigenvalue weighted by Crippen LogP contribution is -1.95. The average Bonchev–Trinajstić information content (AvgIpc) is 2.74. The largest absolute Gasteiger partial charge is 0.477 e. The van der Waals surface area contributed by atoms with Gasteiger partial charge in [0, 0.05) is 23.7 Å². The number of aromatic amines is 1. The van der Waals surface area contributed by atoms with Crippen molar-refractivity contribution in [2.75, 3.05) is 0 Å². The van der Waals surface area contributed by atoms with Gasteiger partial charge in [0.05, 0.1) is 0 Å². The van der Waals surface area contributed by atoms with Crippen LogP contribution in [-0.4, -0.2) is 21.0 Å². The van der Waals surface area contributed by atoms with E-state index >= 15 is 0 Å². The van der Waals surface area contributed by atoms with Gasteiger partial charge in [0.2, 0.25) is 0 Å². The standard InChI is InChI=1S/C12H12N2O2/c1-2-10-9(7-11(14-10)12(15)16)8-3-5-13-6-4-8/h3-7,14H,2H2,1H3,(H,15,16). The van der Waals surface area contributed by atoms with Gasteiger partial charge in [-0.15, -0.1) is 0 Å². The molecular weight excluding hydrogens is 204 g/mol. The SMILES string of the molecule is CCc1[nH]c(C(=O)O)cc1-c1ccncc1. The fourth-order valence-electron chi connectivity index (χ4n) is 1.68. The van der Waals surface area contributed by atoms with E-state index in [1.165, 1.54) is 0 Å². The average molecular weight is 216 g/mol. The Morgan fingerprint density at radius 1 is 1.44 bits per heavy atom. The van der Waals surface area contributed by atoms with Crippen molar-refractivity contribution in [3.63, 3.8) is 0 Å². The number of nitrogens with one attached hydrogen (secondary N) is 1. The van der Waals surface area contributed by atoms with E-state index in [1.807, 2.05) is 19.1 Å². The Hall–Kier alpha value is -2.10. The van der Waals surface area contributed by atoms with Crippen LogP contribution < -0.4 is 0 Å². The number of rotatable bonds is 3. The topological polar surface area (TPSA) is 66.0 Å². The molecule has 2 aromatic heterocycles. The van der Waals surface area contributed by atoms with Gasteiger partial charge in [-0.3, -0.25) is 4.98 Å². The number of carbonyl (C=O) groups is 1. The first-order valence-corrected chi connectivity index (χ1v) is 5.08. The highest BCUT2D eigenvalue weighted by Gasteiger charge is 2.12. The van der Waals surface area contributed by atoms with Gasteiger partial charge in [0.1, 0.15) is 5.69 Å². The molecule has 2 heterocycles. The molecule has 2 N–H and O–H groups in total. The zero-order valence-electron chi connectivity index (χ0n) is 8.90. The molecule has 0 aliphatic heterocycles. The summed E-state index contributed by atoms with van der Waals surface area (Å²) in [4.78, 5) is 17.7.